The summed E-state index contributed by atoms with van der Waals surface area (Å²) in [6, 6.07) is 8.09. The molecule has 0 aliphatic carbocycles. The number of nitrogens with zero attached hydrogens (tertiary/aromatic N) is 1. The molecule has 1 N–H and O–H groups in total. The number of sulfone groups is 1. The average Bonchev–Trinajstić information content (AvgIpc) is 2.55. The van der Waals surface area contributed by atoms with Gasteiger partial charge in [0.15, 0.2) is 9.84 Å². The fourth-order valence-electron chi connectivity index (χ4n) is 2.34. The maximum Gasteiger partial charge on any atom is 0.228 e. The first kappa shape index (κ1) is 20.9. The molecule has 2 aromatic rings. The van der Waals surface area contributed by atoms with E-state index in [0.29, 0.717) is 11.4 Å². The van der Waals surface area contributed by atoms with Crippen molar-refractivity contribution < 1.29 is 17.9 Å². The van der Waals surface area contributed by atoms with Gasteiger partial charge >= 0.3 is 0 Å². The lowest BCUT2D eigenvalue weighted by molar-refractivity contribution is -0.115. The zero-order valence-corrected chi connectivity index (χ0v) is 17.1. The lowest BCUT2D eigenvalue weighted by Crippen LogP contribution is -2.24. The van der Waals surface area contributed by atoms with E-state index in [9.17, 15) is 13.2 Å². The molecule has 1 aromatic heterocycles. The van der Waals surface area contributed by atoms with E-state index in [1.807, 2.05) is 20.8 Å². The second-order valence-corrected chi connectivity index (χ2v) is 10.1. The van der Waals surface area contributed by atoms with Gasteiger partial charge in [0.25, 0.3) is 0 Å². The maximum absolute atomic E-state index is 12.4. The summed E-state index contributed by atoms with van der Waals surface area (Å²) in [7, 11) is -3.32. The largest absolute Gasteiger partial charge is 0.486 e. The topological polar surface area (TPSA) is 85.4 Å². The zero-order valence-electron chi connectivity index (χ0n) is 16.3. The molecule has 1 aromatic carbocycles. The summed E-state index contributed by atoms with van der Waals surface area (Å²) in [5.41, 5.74) is 0.812. The van der Waals surface area contributed by atoms with E-state index in [1.165, 1.54) is 18.3 Å². The molecule has 1 heterocycles. The molecule has 146 valence electrons. The van der Waals surface area contributed by atoms with Crippen LogP contribution >= 0.6 is 0 Å². The summed E-state index contributed by atoms with van der Waals surface area (Å²) < 4.78 is 30.2. The number of carbonyl (C=O) groups is 1. The minimum absolute atomic E-state index is 0.117. The van der Waals surface area contributed by atoms with Crippen molar-refractivity contribution in [2.75, 3.05) is 5.32 Å². The predicted molar refractivity (Wildman–Crippen MR) is 106 cm³/mol. The first-order valence-electron chi connectivity index (χ1n) is 8.75. The van der Waals surface area contributed by atoms with E-state index in [1.54, 1.807) is 38.2 Å². The number of ether oxygens (including phenoxy) is 1. The first-order valence-corrected chi connectivity index (χ1v) is 10.3. The van der Waals surface area contributed by atoms with Crippen molar-refractivity contribution in [3.05, 3.63) is 48.3 Å². The number of anilines is 1. The van der Waals surface area contributed by atoms with Gasteiger partial charge in [0, 0.05) is 12.3 Å². The Kier molecular flexibility index (Phi) is 6.26. The predicted octanol–water partition coefficient (Wildman–Crippen LogP) is 3.62. The van der Waals surface area contributed by atoms with Crippen LogP contribution in [0.1, 0.15) is 40.2 Å². The molecule has 7 heteroatoms. The van der Waals surface area contributed by atoms with E-state index in [4.69, 9.17) is 4.74 Å². The van der Waals surface area contributed by atoms with Crippen LogP contribution in [0.5, 0.6) is 5.75 Å². The van der Waals surface area contributed by atoms with Crippen molar-refractivity contribution in [2.24, 2.45) is 0 Å². The molecular weight excluding hydrogens is 364 g/mol. The fraction of sp³-hybridized carbons (Fsp3) is 0.400. The molecule has 0 saturated carbocycles. The van der Waals surface area contributed by atoms with E-state index in [2.05, 4.69) is 10.3 Å². The zero-order chi connectivity index (χ0) is 20.2. The van der Waals surface area contributed by atoms with Crippen LogP contribution in [0, 0.1) is 0 Å². The van der Waals surface area contributed by atoms with Crippen LogP contribution in [0.4, 0.5) is 5.69 Å². The van der Waals surface area contributed by atoms with Crippen LogP contribution in [0.15, 0.2) is 47.6 Å². The minimum Gasteiger partial charge on any atom is -0.486 e. The van der Waals surface area contributed by atoms with E-state index < -0.39 is 20.7 Å². The fourth-order valence-corrected chi connectivity index (χ4v) is 3.40. The number of benzene rings is 1. The third-order valence-corrected chi connectivity index (χ3v) is 5.88. The summed E-state index contributed by atoms with van der Waals surface area (Å²) in [6.07, 6.45) is 3.26. The van der Waals surface area contributed by atoms with Gasteiger partial charge in [-0.15, -0.1) is 0 Å². The highest BCUT2D eigenvalue weighted by Gasteiger charge is 2.19. The Balaban J connectivity index is 2.09. The van der Waals surface area contributed by atoms with Gasteiger partial charge in [-0.3, -0.25) is 9.78 Å². The van der Waals surface area contributed by atoms with Crippen LogP contribution in [0.2, 0.25) is 0 Å². The third-order valence-electron chi connectivity index (χ3n) is 3.71. The maximum atomic E-state index is 12.4. The number of pyridine rings is 1. The quantitative estimate of drug-likeness (QED) is 0.814. The minimum atomic E-state index is -3.32. The molecule has 0 bridgehead atoms. The Bertz CT molecular complexity index is 898. The van der Waals surface area contributed by atoms with Crippen LogP contribution in [-0.2, 0) is 21.1 Å². The van der Waals surface area contributed by atoms with Crippen LogP contribution < -0.4 is 10.1 Å². The molecule has 0 aliphatic heterocycles. The lowest BCUT2D eigenvalue weighted by atomic mass is 10.1. The van der Waals surface area contributed by atoms with E-state index >= 15 is 0 Å². The van der Waals surface area contributed by atoms with Crippen molar-refractivity contribution in [1.82, 2.24) is 4.98 Å². The Hall–Kier alpha value is -2.41. The van der Waals surface area contributed by atoms with E-state index in [0.717, 1.165) is 5.56 Å². The second-order valence-electron chi connectivity index (χ2n) is 7.55. The lowest BCUT2D eigenvalue weighted by Gasteiger charge is -2.23. The highest BCUT2D eigenvalue weighted by molar-refractivity contribution is 7.92. The van der Waals surface area contributed by atoms with Gasteiger partial charge in [0.1, 0.15) is 17.0 Å². The molecule has 0 saturated heterocycles. The standard InChI is InChI=1S/C20H26N2O4S/c1-14(2)27(24,25)16-8-6-15(7-9-16)12-19(23)22-17-13-21-11-10-18(17)26-20(3,4)5/h6-11,13-14H,12H2,1-5H3,(H,22,23). The second kappa shape index (κ2) is 8.08. The molecule has 1 amide bonds. The number of amides is 1. The highest BCUT2D eigenvalue weighted by Crippen LogP contribution is 2.27. The molecule has 0 unspecified atom stereocenters. The number of rotatable bonds is 6. The molecule has 0 radical (unpaired) electrons. The molecular formula is C20H26N2O4S. The van der Waals surface area contributed by atoms with Crippen LogP contribution in [0.25, 0.3) is 0 Å². The molecule has 0 fully saturated rings. The van der Waals surface area contributed by atoms with E-state index in [-0.39, 0.29) is 17.2 Å². The third kappa shape index (κ3) is 5.79. The number of hydrogen-bond donors (Lipinski definition) is 1. The highest BCUT2D eigenvalue weighted by atomic mass is 32.2. The summed E-state index contributed by atoms with van der Waals surface area (Å²) >= 11 is 0. The summed E-state index contributed by atoms with van der Waals surface area (Å²) in [5.74, 6) is 0.311. The SMILES string of the molecule is CC(C)S(=O)(=O)c1ccc(CC(=O)Nc2cnccc2OC(C)(C)C)cc1. The van der Waals surface area contributed by atoms with Crippen molar-refractivity contribution >= 4 is 21.4 Å². The number of nitrogens with one attached hydrogen (secondary N) is 1. The molecule has 0 atom stereocenters. The summed E-state index contributed by atoms with van der Waals surface area (Å²) in [6.45, 7) is 9.05. The van der Waals surface area contributed by atoms with Crippen LogP contribution in [0.3, 0.4) is 0 Å². The van der Waals surface area contributed by atoms with Gasteiger partial charge < -0.3 is 10.1 Å². The van der Waals surface area contributed by atoms with Crippen molar-refractivity contribution in [3.63, 3.8) is 0 Å². The number of carbonyl (C=O) groups excluding carboxylic acids is 1. The van der Waals surface area contributed by atoms with Gasteiger partial charge in [-0.25, -0.2) is 8.42 Å². The van der Waals surface area contributed by atoms with Crippen molar-refractivity contribution in [1.29, 1.82) is 0 Å². The number of hydrogen-bond acceptors (Lipinski definition) is 5. The Labute approximate surface area is 160 Å². The molecule has 2 rings (SSSR count). The van der Waals surface area contributed by atoms with Gasteiger partial charge in [-0.1, -0.05) is 12.1 Å². The van der Waals surface area contributed by atoms with Gasteiger partial charge in [0.05, 0.1) is 22.8 Å². The molecule has 0 aliphatic rings. The smallest absolute Gasteiger partial charge is 0.228 e. The van der Waals surface area contributed by atoms with Crippen molar-refractivity contribution in [3.8, 4) is 5.75 Å². The van der Waals surface area contributed by atoms with Gasteiger partial charge in [0.2, 0.25) is 5.91 Å². The molecule has 27 heavy (non-hydrogen) atoms. The molecule has 6 nitrogen and oxygen atoms in total. The van der Waals surface area contributed by atoms with Gasteiger partial charge in [-0.05, 0) is 52.3 Å². The Morgan fingerprint density at radius 1 is 1.15 bits per heavy atom. The number of aromatic nitrogens is 1. The monoisotopic (exact) mass is 390 g/mol. The van der Waals surface area contributed by atoms with Crippen LogP contribution in [-0.4, -0.2) is 30.2 Å². The Morgan fingerprint density at radius 2 is 1.78 bits per heavy atom. The Morgan fingerprint density at radius 3 is 2.33 bits per heavy atom. The normalized spacial score (nSPS) is 12.1. The van der Waals surface area contributed by atoms with Gasteiger partial charge in [-0.2, -0.15) is 0 Å². The van der Waals surface area contributed by atoms with Crippen molar-refractivity contribution in [2.45, 2.75) is 56.8 Å². The molecule has 0 spiro atoms. The summed E-state index contributed by atoms with van der Waals surface area (Å²) in [5, 5.41) is 2.31. The summed E-state index contributed by atoms with van der Waals surface area (Å²) in [4.78, 5) is 16.7. The average molecular weight is 391 g/mol. The first-order chi connectivity index (χ1) is 12.5.